The van der Waals surface area contributed by atoms with Crippen LogP contribution in [-0.4, -0.2) is 75.1 Å². The van der Waals surface area contributed by atoms with Gasteiger partial charge >= 0.3 is 0 Å². The summed E-state index contributed by atoms with van der Waals surface area (Å²) >= 11 is 0. The van der Waals surface area contributed by atoms with Gasteiger partial charge in [0.1, 0.15) is 0 Å². The van der Waals surface area contributed by atoms with Gasteiger partial charge in [-0.3, -0.25) is 14.5 Å². The second kappa shape index (κ2) is 9.85. The van der Waals surface area contributed by atoms with Gasteiger partial charge in [-0.05, 0) is 25.5 Å². The molecule has 1 aromatic rings. The lowest BCUT2D eigenvalue weighted by molar-refractivity contribution is -0.132. The molecule has 0 bridgehead atoms. The van der Waals surface area contributed by atoms with E-state index in [1.807, 2.05) is 18.7 Å². The Morgan fingerprint density at radius 1 is 1.07 bits per heavy atom. The standard InChI is InChI=1S/C19H29N3O4S/c1-3-9-20-18(23)15-21-10-12-22(13-11-21)19(24)8-14-27(25,26)17-6-4-16(2)5-7-17/h4-7H,3,8-15H2,1-2H3,(H,20,23). The third-order valence-electron chi connectivity index (χ3n) is 4.63. The first-order chi connectivity index (χ1) is 12.8. The molecule has 1 fully saturated rings. The van der Waals surface area contributed by atoms with Gasteiger partial charge in [0.2, 0.25) is 11.8 Å². The topological polar surface area (TPSA) is 86.8 Å². The van der Waals surface area contributed by atoms with Crippen molar-refractivity contribution in [1.29, 1.82) is 0 Å². The number of aryl methyl sites for hydroxylation is 1. The van der Waals surface area contributed by atoms with E-state index in [2.05, 4.69) is 5.32 Å². The number of benzene rings is 1. The molecule has 2 rings (SSSR count). The summed E-state index contributed by atoms with van der Waals surface area (Å²) in [5, 5.41) is 2.84. The minimum absolute atomic E-state index is 0.000757. The third kappa shape index (κ3) is 6.62. The van der Waals surface area contributed by atoms with Crippen LogP contribution in [0.1, 0.15) is 25.3 Å². The predicted octanol–water partition coefficient (Wildman–Crippen LogP) is 0.829. The van der Waals surface area contributed by atoms with Crippen LogP contribution in [0.4, 0.5) is 0 Å². The first kappa shape index (κ1) is 21.4. The molecule has 7 nitrogen and oxygen atoms in total. The number of piperazine rings is 1. The summed E-state index contributed by atoms with van der Waals surface area (Å²) in [4.78, 5) is 28.1. The van der Waals surface area contributed by atoms with E-state index in [-0.39, 0.29) is 28.9 Å². The lowest BCUT2D eigenvalue weighted by Crippen LogP contribution is -2.51. The van der Waals surface area contributed by atoms with Crippen molar-refractivity contribution in [2.24, 2.45) is 0 Å². The summed E-state index contributed by atoms with van der Waals surface area (Å²) < 4.78 is 24.7. The lowest BCUT2D eigenvalue weighted by atomic mass is 10.2. The summed E-state index contributed by atoms with van der Waals surface area (Å²) in [6.07, 6.45) is 0.882. The van der Waals surface area contributed by atoms with Crippen LogP contribution in [0.15, 0.2) is 29.2 Å². The number of carbonyl (C=O) groups excluding carboxylic acids is 2. The number of sulfone groups is 1. The molecule has 2 amide bonds. The smallest absolute Gasteiger partial charge is 0.234 e. The van der Waals surface area contributed by atoms with Crippen molar-refractivity contribution in [2.75, 3.05) is 45.0 Å². The molecule has 1 aromatic carbocycles. The zero-order chi connectivity index (χ0) is 19.9. The summed E-state index contributed by atoms with van der Waals surface area (Å²) in [6, 6.07) is 6.67. The highest BCUT2D eigenvalue weighted by Crippen LogP contribution is 2.14. The number of nitrogens with zero attached hydrogens (tertiary/aromatic N) is 2. The Kier molecular flexibility index (Phi) is 7.79. The monoisotopic (exact) mass is 395 g/mol. The fraction of sp³-hybridized carbons (Fsp3) is 0.579. The van der Waals surface area contributed by atoms with E-state index in [9.17, 15) is 18.0 Å². The first-order valence-electron chi connectivity index (χ1n) is 9.38. The molecule has 1 saturated heterocycles. The van der Waals surface area contributed by atoms with Crippen LogP contribution in [0, 0.1) is 6.92 Å². The Balaban J connectivity index is 1.77. The maximum atomic E-state index is 12.4. The third-order valence-corrected chi connectivity index (χ3v) is 6.36. The number of amides is 2. The van der Waals surface area contributed by atoms with Gasteiger partial charge in [-0.25, -0.2) is 8.42 Å². The molecule has 8 heteroatoms. The van der Waals surface area contributed by atoms with E-state index in [1.165, 1.54) is 0 Å². The molecule has 1 N–H and O–H groups in total. The molecular weight excluding hydrogens is 366 g/mol. The highest BCUT2D eigenvalue weighted by atomic mass is 32.2. The van der Waals surface area contributed by atoms with Crippen molar-refractivity contribution in [3.8, 4) is 0 Å². The Hall–Kier alpha value is -1.93. The summed E-state index contributed by atoms with van der Waals surface area (Å²) in [5.74, 6) is -0.337. The zero-order valence-electron chi connectivity index (χ0n) is 16.1. The molecule has 1 heterocycles. The van der Waals surface area contributed by atoms with Crippen LogP contribution in [0.5, 0.6) is 0 Å². The van der Waals surface area contributed by atoms with E-state index in [0.29, 0.717) is 39.3 Å². The minimum Gasteiger partial charge on any atom is -0.355 e. The van der Waals surface area contributed by atoms with Crippen molar-refractivity contribution >= 4 is 21.7 Å². The maximum Gasteiger partial charge on any atom is 0.234 e. The molecule has 0 spiro atoms. The Bertz CT molecular complexity index is 739. The van der Waals surface area contributed by atoms with Gasteiger partial charge < -0.3 is 10.2 Å². The van der Waals surface area contributed by atoms with Crippen molar-refractivity contribution in [3.05, 3.63) is 29.8 Å². The van der Waals surface area contributed by atoms with E-state index in [4.69, 9.17) is 0 Å². The van der Waals surface area contributed by atoms with Crippen molar-refractivity contribution in [1.82, 2.24) is 15.1 Å². The number of hydrogen-bond acceptors (Lipinski definition) is 5. The van der Waals surface area contributed by atoms with Gasteiger partial charge in [0.05, 0.1) is 17.2 Å². The molecule has 0 saturated carbocycles. The van der Waals surface area contributed by atoms with Gasteiger partial charge in [-0.2, -0.15) is 0 Å². The van der Waals surface area contributed by atoms with Gasteiger partial charge in [0, 0.05) is 39.1 Å². The fourth-order valence-corrected chi connectivity index (χ4v) is 4.15. The van der Waals surface area contributed by atoms with Crippen LogP contribution < -0.4 is 5.32 Å². The molecule has 0 atom stereocenters. The summed E-state index contributed by atoms with van der Waals surface area (Å²) in [6.45, 7) is 7.19. The molecule has 0 radical (unpaired) electrons. The fourth-order valence-electron chi connectivity index (χ4n) is 2.92. The van der Waals surface area contributed by atoms with Crippen LogP contribution in [0.25, 0.3) is 0 Å². The normalized spacial score (nSPS) is 15.6. The maximum absolute atomic E-state index is 12.4. The quantitative estimate of drug-likeness (QED) is 0.705. The first-order valence-corrected chi connectivity index (χ1v) is 11.0. The number of rotatable bonds is 8. The summed E-state index contributed by atoms with van der Waals surface area (Å²) in [7, 11) is -3.46. The van der Waals surface area contributed by atoms with Gasteiger partial charge in [0.25, 0.3) is 0 Å². The Morgan fingerprint density at radius 3 is 2.30 bits per heavy atom. The Labute approximate surface area is 161 Å². The second-order valence-corrected chi connectivity index (χ2v) is 9.00. The minimum atomic E-state index is -3.46. The van der Waals surface area contributed by atoms with E-state index in [0.717, 1.165) is 12.0 Å². The second-order valence-electron chi connectivity index (χ2n) is 6.89. The van der Waals surface area contributed by atoms with Crippen LogP contribution >= 0.6 is 0 Å². The number of nitrogens with one attached hydrogen (secondary N) is 1. The predicted molar refractivity (Wildman–Crippen MR) is 104 cm³/mol. The average molecular weight is 396 g/mol. The van der Waals surface area contributed by atoms with Gasteiger partial charge in [-0.15, -0.1) is 0 Å². The van der Waals surface area contributed by atoms with Crippen LogP contribution in [0.2, 0.25) is 0 Å². The highest BCUT2D eigenvalue weighted by Gasteiger charge is 2.24. The van der Waals surface area contributed by atoms with Crippen molar-refractivity contribution in [2.45, 2.75) is 31.6 Å². The molecule has 27 heavy (non-hydrogen) atoms. The van der Waals surface area contributed by atoms with E-state index in [1.54, 1.807) is 29.2 Å². The highest BCUT2D eigenvalue weighted by molar-refractivity contribution is 7.91. The summed E-state index contributed by atoms with van der Waals surface area (Å²) in [5.41, 5.74) is 0.992. The molecule has 0 aromatic heterocycles. The van der Waals surface area contributed by atoms with Gasteiger partial charge in [-0.1, -0.05) is 24.6 Å². The SMILES string of the molecule is CCCNC(=O)CN1CCN(C(=O)CCS(=O)(=O)c2ccc(C)cc2)CC1. The van der Waals surface area contributed by atoms with Gasteiger partial charge in [0.15, 0.2) is 9.84 Å². The Morgan fingerprint density at radius 2 is 1.70 bits per heavy atom. The molecule has 1 aliphatic heterocycles. The lowest BCUT2D eigenvalue weighted by Gasteiger charge is -2.34. The van der Waals surface area contributed by atoms with Crippen LogP contribution in [0.3, 0.4) is 0 Å². The number of carbonyl (C=O) groups is 2. The molecule has 0 aliphatic carbocycles. The van der Waals surface area contributed by atoms with Crippen molar-refractivity contribution < 1.29 is 18.0 Å². The van der Waals surface area contributed by atoms with Crippen LogP contribution in [-0.2, 0) is 19.4 Å². The molecule has 1 aliphatic rings. The average Bonchev–Trinajstić information content (AvgIpc) is 2.65. The molecule has 0 unspecified atom stereocenters. The largest absolute Gasteiger partial charge is 0.355 e. The van der Waals surface area contributed by atoms with Crippen molar-refractivity contribution in [3.63, 3.8) is 0 Å². The molecular formula is C19H29N3O4S. The van der Waals surface area contributed by atoms with E-state index >= 15 is 0 Å². The zero-order valence-corrected chi connectivity index (χ0v) is 16.9. The number of hydrogen-bond donors (Lipinski definition) is 1. The molecule has 150 valence electrons. The van der Waals surface area contributed by atoms with E-state index < -0.39 is 9.84 Å².